The molecule has 0 saturated carbocycles. The van der Waals surface area contributed by atoms with Crippen LogP contribution >= 0.6 is 0 Å². The molecule has 0 radical (unpaired) electrons. The first-order valence-corrected chi connectivity index (χ1v) is 11.5. The Morgan fingerprint density at radius 3 is 2.15 bits per heavy atom. The third-order valence-electron chi connectivity index (χ3n) is 4.11. The number of nitrogens with zero attached hydrogens (tertiary/aromatic N) is 1. The van der Waals surface area contributed by atoms with Crippen LogP contribution in [0.2, 0.25) is 0 Å². The molecule has 1 aliphatic rings. The highest BCUT2D eigenvalue weighted by Crippen LogP contribution is 2.22. The van der Waals surface area contributed by atoms with E-state index in [-0.39, 0.29) is 9.79 Å². The van der Waals surface area contributed by atoms with Crippen molar-refractivity contribution < 1.29 is 21.6 Å². The smallest absolute Gasteiger partial charge is 0.243 e. The van der Waals surface area contributed by atoms with E-state index in [1.54, 1.807) is 0 Å². The quantitative estimate of drug-likeness (QED) is 0.662. The summed E-state index contributed by atoms with van der Waals surface area (Å²) in [5, 5.41) is 2.62. The number of rotatable bonds is 8. The topological polar surface area (TPSA) is 113 Å². The third kappa shape index (κ3) is 4.81. The number of hydrogen-bond donors (Lipinski definition) is 2. The first kappa shape index (κ1) is 20.8. The van der Waals surface area contributed by atoms with E-state index in [1.807, 2.05) is 6.92 Å². The maximum absolute atomic E-state index is 12.5. The van der Waals surface area contributed by atoms with E-state index in [9.17, 15) is 21.6 Å². The van der Waals surface area contributed by atoms with Gasteiger partial charge in [-0.25, -0.2) is 16.8 Å². The van der Waals surface area contributed by atoms with Crippen molar-refractivity contribution in [3.63, 3.8) is 0 Å². The summed E-state index contributed by atoms with van der Waals surface area (Å²) in [6, 6.07) is 4.11. The van der Waals surface area contributed by atoms with Crippen molar-refractivity contribution in [2.24, 2.45) is 0 Å². The summed E-state index contributed by atoms with van der Waals surface area (Å²) in [6.07, 6.45) is 2.40. The molecule has 0 unspecified atom stereocenters. The number of carbonyl (C=O) groups is 1. The second-order valence-corrected chi connectivity index (χ2v) is 9.87. The van der Waals surface area contributed by atoms with Crippen LogP contribution in [0.15, 0.2) is 34.1 Å². The molecule has 146 valence electrons. The van der Waals surface area contributed by atoms with E-state index in [0.717, 1.165) is 19.3 Å². The van der Waals surface area contributed by atoms with Crippen LogP contribution in [-0.2, 0) is 24.8 Å². The van der Waals surface area contributed by atoms with Crippen molar-refractivity contribution in [3.8, 4) is 0 Å². The van der Waals surface area contributed by atoms with Crippen molar-refractivity contribution in [1.29, 1.82) is 0 Å². The van der Waals surface area contributed by atoms with Gasteiger partial charge in [0.1, 0.15) is 0 Å². The molecule has 10 heteroatoms. The van der Waals surface area contributed by atoms with Crippen LogP contribution in [0.5, 0.6) is 0 Å². The van der Waals surface area contributed by atoms with Crippen LogP contribution in [0.1, 0.15) is 33.1 Å². The molecule has 2 N–H and O–H groups in total. The predicted molar refractivity (Wildman–Crippen MR) is 97.5 cm³/mol. The number of sulfonamides is 2. The van der Waals surface area contributed by atoms with Gasteiger partial charge in [-0.15, -0.1) is 0 Å². The van der Waals surface area contributed by atoms with Crippen molar-refractivity contribution in [2.75, 3.05) is 19.6 Å². The molecule has 1 aliphatic heterocycles. The second-order valence-electron chi connectivity index (χ2n) is 6.22. The fourth-order valence-corrected chi connectivity index (χ4v) is 5.34. The molecular formula is C16H25N3O5S2. The molecule has 0 aliphatic carbocycles. The molecule has 26 heavy (non-hydrogen) atoms. The fraction of sp³-hybridized carbons (Fsp3) is 0.562. The summed E-state index contributed by atoms with van der Waals surface area (Å²) < 4.78 is 53.4. The van der Waals surface area contributed by atoms with Gasteiger partial charge in [0, 0.05) is 19.6 Å². The Morgan fingerprint density at radius 2 is 1.62 bits per heavy atom. The highest BCUT2D eigenvalue weighted by molar-refractivity contribution is 7.89. The molecule has 1 aromatic rings. The Balaban J connectivity index is 2.12. The summed E-state index contributed by atoms with van der Waals surface area (Å²) in [4.78, 5) is 11.8. The van der Waals surface area contributed by atoms with Gasteiger partial charge in [0.2, 0.25) is 26.0 Å². The molecular weight excluding hydrogens is 378 g/mol. The number of nitrogens with one attached hydrogen (secondary N) is 2. The summed E-state index contributed by atoms with van der Waals surface area (Å²) in [6.45, 7) is 4.78. The lowest BCUT2D eigenvalue weighted by atomic mass is 10.3. The average molecular weight is 404 g/mol. The summed E-state index contributed by atoms with van der Waals surface area (Å²) >= 11 is 0. The lowest BCUT2D eigenvalue weighted by molar-refractivity contribution is -0.122. The molecule has 1 heterocycles. The Morgan fingerprint density at radius 1 is 1.08 bits per heavy atom. The Hall–Kier alpha value is -1.49. The second kappa shape index (κ2) is 8.47. The molecule has 2 rings (SSSR count). The monoisotopic (exact) mass is 403 g/mol. The number of carbonyl (C=O) groups excluding carboxylic acids is 1. The Kier molecular flexibility index (Phi) is 6.78. The Labute approximate surface area is 155 Å². The minimum Gasteiger partial charge on any atom is -0.355 e. The van der Waals surface area contributed by atoms with Crippen molar-refractivity contribution >= 4 is 26.0 Å². The van der Waals surface area contributed by atoms with Crippen LogP contribution in [0.3, 0.4) is 0 Å². The minimum atomic E-state index is -3.93. The van der Waals surface area contributed by atoms with Crippen LogP contribution in [0, 0.1) is 0 Å². The normalized spacial score (nSPS) is 17.2. The molecule has 1 fully saturated rings. The SMILES string of the molecule is CCCNC(=O)[C@@H](C)NS(=O)(=O)c1ccc(S(=O)(=O)N2CCCC2)cc1. The summed E-state index contributed by atoms with van der Waals surface area (Å²) in [7, 11) is -7.52. The van der Waals surface area contributed by atoms with E-state index in [4.69, 9.17) is 0 Å². The van der Waals surface area contributed by atoms with Crippen molar-refractivity contribution in [3.05, 3.63) is 24.3 Å². The molecule has 1 saturated heterocycles. The molecule has 1 aromatic carbocycles. The zero-order valence-corrected chi connectivity index (χ0v) is 16.6. The van der Waals surface area contributed by atoms with E-state index in [0.29, 0.717) is 19.6 Å². The van der Waals surface area contributed by atoms with Crippen LogP contribution in [0.25, 0.3) is 0 Å². The van der Waals surface area contributed by atoms with E-state index >= 15 is 0 Å². The lowest BCUT2D eigenvalue weighted by Crippen LogP contribution is -2.44. The van der Waals surface area contributed by atoms with Gasteiger partial charge in [0.05, 0.1) is 15.8 Å². The van der Waals surface area contributed by atoms with Gasteiger partial charge in [-0.1, -0.05) is 6.92 Å². The minimum absolute atomic E-state index is 0.0621. The molecule has 0 spiro atoms. The van der Waals surface area contributed by atoms with Crippen molar-refractivity contribution in [2.45, 2.75) is 48.9 Å². The molecule has 1 atom stereocenters. The predicted octanol–water partition coefficient (Wildman–Crippen LogP) is 0.664. The number of hydrogen-bond acceptors (Lipinski definition) is 5. The average Bonchev–Trinajstić information content (AvgIpc) is 3.14. The third-order valence-corrected chi connectivity index (χ3v) is 7.58. The molecule has 0 bridgehead atoms. The zero-order valence-electron chi connectivity index (χ0n) is 14.9. The van der Waals surface area contributed by atoms with Gasteiger partial charge in [0.15, 0.2) is 0 Å². The first-order chi connectivity index (χ1) is 12.2. The van der Waals surface area contributed by atoms with E-state index < -0.39 is 32.0 Å². The van der Waals surface area contributed by atoms with Gasteiger partial charge >= 0.3 is 0 Å². The zero-order chi connectivity index (χ0) is 19.4. The fourth-order valence-electron chi connectivity index (χ4n) is 2.62. The highest BCUT2D eigenvalue weighted by Gasteiger charge is 2.28. The van der Waals surface area contributed by atoms with E-state index in [2.05, 4.69) is 10.0 Å². The Bertz CT molecular complexity index is 829. The van der Waals surface area contributed by atoms with Gasteiger partial charge in [-0.2, -0.15) is 9.03 Å². The summed E-state index contributed by atoms with van der Waals surface area (Å²) in [5.41, 5.74) is 0. The van der Waals surface area contributed by atoms with E-state index in [1.165, 1.54) is 35.5 Å². The van der Waals surface area contributed by atoms with Gasteiger partial charge < -0.3 is 5.32 Å². The number of benzene rings is 1. The summed E-state index contributed by atoms with van der Waals surface area (Å²) in [5.74, 6) is -0.413. The standard InChI is InChI=1S/C16H25N3O5S2/c1-3-10-17-16(20)13(2)18-25(21,22)14-6-8-15(9-7-14)26(23,24)19-11-4-5-12-19/h6-9,13,18H,3-5,10-12H2,1-2H3,(H,17,20)/t13-/m1/s1. The molecule has 8 nitrogen and oxygen atoms in total. The highest BCUT2D eigenvalue weighted by atomic mass is 32.2. The van der Waals surface area contributed by atoms with Gasteiger partial charge in [0.25, 0.3) is 0 Å². The maximum atomic E-state index is 12.5. The van der Waals surface area contributed by atoms with Gasteiger partial charge in [-0.05, 0) is 50.5 Å². The van der Waals surface area contributed by atoms with Crippen molar-refractivity contribution in [1.82, 2.24) is 14.3 Å². The van der Waals surface area contributed by atoms with Crippen LogP contribution in [-0.4, -0.2) is 52.7 Å². The molecule has 0 aromatic heterocycles. The van der Waals surface area contributed by atoms with Gasteiger partial charge in [-0.3, -0.25) is 4.79 Å². The maximum Gasteiger partial charge on any atom is 0.243 e. The first-order valence-electron chi connectivity index (χ1n) is 8.58. The largest absolute Gasteiger partial charge is 0.355 e. The van der Waals surface area contributed by atoms with Crippen LogP contribution in [0.4, 0.5) is 0 Å². The molecule has 1 amide bonds. The lowest BCUT2D eigenvalue weighted by Gasteiger charge is -2.16. The van der Waals surface area contributed by atoms with Crippen LogP contribution < -0.4 is 10.0 Å². The number of amides is 1.